The molecule has 0 saturated carbocycles. The summed E-state index contributed by atoms with van der Waals surface area (Å²) in [4.78, 5) is 25.1. The van der Waals surface area contributed by atoms with Gasteiger partial charge in [-0.3, -0.25) is 10.1 Å². The molecule has 202 valence electrons. The van der Waals surface area contributed by atoms with Crippen LogP contribution < -0.4 is 16.4 Å². The van der Waals surface area contributed by atoms with Crippen LogP contribution in [0.2, 0.25) is 0 Å². The first kappa shape index (κ1) is 29.7. The molecule has 3 rings (SSSR count). The van der Waals surface area contributed by atoms with Gasteiger partial charge in [0.1, 0.15) is 5.75 Å². The Hall–Kier alpha value is -3.85. The zero-order chi connectivity index (χ0) is 28.4. The number of hydrogen-bond donors (Lipinski definition) is 4. The fourth-order valence-corrected chi connectivity index (χ4v) is 4.92. The minimum atomic E-state index is -1.01. The summed E-state index contributed by atoms with van der Waals surface area (Å²) in [5.74, 6) is -0.447. The van der Waals surface area contributed by atoms with E-state index in [2.05, 4.69) is 42.5 Å². The van der Waals surface area contributed by atoms with Crippen molar-refractivity contribution in [3.63, 3.8) is 0 Å². The van der Waals surface area contributed by atoms with E-state index >= 15 is 0 Å². The molecule has 0 saturated heterocycles. The number of amides is 2. The van der Waals surface area contributed by atoms with Gasteiger partial charge in [0.05, 0.1) is 33.6 Å². The fraction of sp³-hybridized carbons (Fsp3) is 0.179. The van der Waals surface area contributed by atoms with Crippen LogP contribution in [0, 0.1) is 11.3 Å². The Morgan fingerprint density at radius 3 is 2.51 bits per heavy atom. The molecule has 0 aliphatic heterocycles. The second kappa shape index (κ2) is 14.3. The Balaban J connectivity index is 1.74. The van der Waals surface area contributed by atoms with E-state index in [0.29, 0.717) is 50.0 Å². The van der Waals surface area contributed by atoms with Crippen molar-refractivity contribution in [2.75, 3.05) is 23.5 Å². The summed E-state index contributed by atoms with van der Waals surface area (Å²) < 4.78 is 12.5. The second-order valence-electron chi connectivity index (χ2n) is 8.30. The summed E-state index contributed by atoms with van der Waals surface area (Å²) in [6, 6.07) is 18.5. The van der Waals surface area contributed by atoms with E-state index in [1.54, 1.807) is 66.7 Å². The minimum Gasteiger partial charge on any atom is -0.506 e. The molecule has 0 bridgehead atoms. The molecule has 2 atom stereocenters. The second-order valence-corrected chi connectivity index (χ2v) is 10.1. The Kier molecular flexibility index (Phi) is 10.9. The van der Waals surface area contributed by atoms with Crippen molar-refractivity contribution in [3.8, 4) is 11.8 Å². The molecule has 3 aromatic rings. The third-order valence-electron chi connectivity index (χ3n) is 5.60. The van der Waals surface area contributed by atoms with Gasteiger partial charge in [-0.05, 0) is 83.4 Å². The van der Waals surface area contributed by atoms with E-state index in [-0.39, 0.29) is 11.7 Å². The first-order valence-electron chi connectivity index (χ1n) is 11.7. The maximum atomic E-state index is 12.8. The van der Waals surface area contributed by atoms with E-state index in [4.69, 9.17) is 20.5 Å². The number of allylic oxidation sites excluding steroid dienone is 1. The van der Waals surface area contributed by atoms with Gasteiger partial charge in [-0.2, -0.15) is 5.26 Å². The SMILES string of the molecule is CO[C@@H](CC/C=C/C(=O)Nc1ccccc1N)[C@@H](OC(=O)Nc1ccc(C#N)cc1)c1cc(Br)cc(Br)c1O. The highest BCUT2D eigenvalue weighted by Crippen LogP contribution is 2.39. The highest BCUT2D eigenvalue weighted by Gasteiger charge is 2.30. The van der Waals surface area contributed by atoms with E-state index in [1.807, 2.05) is 6.07 Å². The average molecular weight is 658 g/mol. The largest absolute Gasteiger partial charge is 0.506 e. The molecule has 0 aliphatic carbocycles. The van der Waals surface area contributed by atoms with Crippen LogP contribution in [-0.4, -0.2) is 30.3 Å². The molecule has 0 fully saturated rings. The summed E-state index contributed by atoms with van der Waals surface area (Å²) in [5.41, 5.74) is 8.03. The molecule has 11 heteroatoms. The van der Waals surface area contributed by atoms with Crippen molar-refractivity contribution in [3.05, 3.63) is 92.9 Å². The molecule has 0 unspecified atom stereocenters. The number of carbonyl (C=O) groups excluding carboxylic acids is 2. The van der Waals surface area contributed by atoms with Crippen LogP contribution in [-0.2, 0) is 14.3 Å². The number of para-hydroxylation sites is 2. The lowest BCUT2D eigenvalue weighted by Crippen LogP contribution is -2.28. The topological polar surface area (TPSA) is 147 Å². The number of ether oxygens (including phenoxy) is 2. The van der Waals surface area contributed by atoms with Crippen LogP contribution in [0.1, 0.15) is 30.1 Å². The summed E-state index contributed by atoms with van der Waals surface area (Å²) in [6.45, 7) is 0. The number of methoxy groups -OCH3 is 1. The maximum Gasteiger partial charge on any atom is 0.412 e. The van der Waals surface area contributed by atoms with Crippen LogP contribution >= 0.6 is 31.9 Å². The van der Waals surface area contributed by atoms with E-state index in [9.17, 15) is 14.7 Å². The lowest BCUT2D eigenvalue weighted by molar-refractivity contribution is -0.111. The van der Waals surface area contributed by atoms with Gasteiger partial charge in [0.25, 0.3) is 0 Å². The predicted octanol–water partition coefficient (Wildman–Crippen LogP) is 6.65. The van der Waals surface area contributed by atoms with Crippen LogP contribution in [0.25, 0.3) is 0 Å². The molecule has 3 aromatic carbocycles. The number of carbonyl (C=O) groups is 2. The smallest absolute Gasteiger partial charge is 0.412 e. The first-order valence-corrected chi connectivity index (χ1v) is 13.3. The molecule has 39 heavy (non-hydrogen) atoms. The van der Waals surface area contributed by atoms with Gasteiger partial charge in [0.2, 0.25) is 5.91 Å². The Morgan fingerprint density at radius 2 is 1.85 bits per heavy atom. The monoisotopic (exact) mass is 656 g/mol. The van der Waals surface area contributed by atoms with Crippen LogP contribution in [0.3, 0.4) is 0 Å². The standard InChI is InChI=1S/C28H26Br2N4O5/c1-38-24(8-4-5-9-25(35)34-23-7-3-2-6-22(23)32)27(20-14-18(29)15-21(30)26(20)36)39-28(37)33-19-12-10-17(16-31)11-13-19/h2-3,5-7,9-15,24,27,36H,4,8,32H2,1H3,(H,33,37)(H,34,35)/b9-5+/t24-,27-/m0/s1. The van der Waals surface area contributed by atoms with Crippen LogP contribution in [0.5, 0.6) is 5.75 Å². The van der Waals surface area contributed by atoms with Gasteiger partial charge in [-0.1, -0.05) is 34.1 Å². The van der Waals surface area contributed by atoms with Crippen molar-refractivity contribution in [2.24, 2.45) is 0 Å². The van der Waals surface area contributed by atoms with Gasteiger partial charge in [-0.15, -0.1) is 0 Å². The number of phenolic OH excluding ortho intramolecular Hbond substituents is 1. The lowest BCUT2D eigenvalue weighted by atomic mass is 9.99. The summed E-state index contributed by atoms with van der Waals surface area (Å²) >= 11 is 6.72. The molecule has 5 N–H and O–H groups in total. The number of hydrogen-bond acceptors (Lipinski definition) is 7. The number of phenols is 1. The third kappa shape index (κ3) is 8.58. The summed E-state index contributed by atoms with van der Waals surface area (Å²) in [6.07, 6.45) is 1.35. The molecular formula is C28H26Br2N4O5. The highest BCUT2D eigenvalue weighted by molar-refractivity contribution is 9.11. The number of rotatable bonds is 10. The summed E-state index contributed by atoms with van der Waals surface area (Å²) in [7, 11) is 1.47. The number of nitrogen functional groups attached to an aromatic ring is 1. The lowest BCUT2D eigenvalue weighted by Gasteiger charge is -2.27. The zero-order valence-corrected chi connectivity index (χ0v) is 24.0. The van der Waals surface area contributed by atoms with Crippen molar-refractivity contribution in [1.82, 2.24) is 0 Å². The van der Waals surface area contributed by atoms with Gasteiger partial charge in [0.15, 0.2) is 6.10 Å². The van der Waals surface area contributed by atoms with Crippen molar-refractivity contribution < 1.29 is 24.2 Å². The Labute approximate surface area is 242 Å². The highest BCUT2D eigenvalue weighted by atomic mass is 79.9. The van der Waals surface area contributed by atoms with E-state index in [0.717, 1.165) is 0 Å². The molecule has 0 aliphatic rings. The van der Waals surface area contributed by atoms with Gasteiger partial charge in [-0.25, -0.2) is 4.79 Å². The molecule has 0 heterocycles. The first-order chi connectivity index (χ1) is 18.7. The van der Waals surface area contributed by atoms with Crippen LogP contribution in [0.15, 0.2) is 81.8 Å². The van der Waals surface area contributed by atoms with E-state index in [1.165, 1.54) is 13.2 Å². The van der Waals surface area contributed by atoms with Crippen molar-refractivity contribution >= 4 is 60.9 Å². The fourth-order valence-electron chi connectivity index (χ4n) is 3.66. The predicted molar refractivity (Wildman–Crippen MR) is 156 cm³/mol. The van der Waals surface area contributed by atoms with Crippen LogP contribution in [0.4, 0.5) is 21.9 Å². The van der Waals surface area contributed by atoms with E-state index < -0.39 is 18.3 Å². The Bertz CT molecular complexity index is 1390. The molecule has 0 radical (unpaired) electrons. The molecule has 9 nitrogen and oxygen atoms in total. The van der Waals surface area contributed by atoms with Crippen molar-refractivity contribution in [2.45, 2.75) is 25.0 Å². The number of anilines is 3. The van der Waals surface area contributed by atoms with Gasteiger partial charge < -0.3 is 25.6 Å². The Morgan fingerprint density at radius 1 is 1.13 bits per heavy atom. The molecule has 0 aromatic heterocycles. The number of halogens is 2. The van der Waals surface area contributed by atoms with Gasteiger partial charge >= 0.3 is 6.09 Å². The number of nitriles is 1. The number of nitrogens with zero attached hydrogens (tertiary/aromatic N) is 1. The molecular weight excluding hydrogens is 632 g/mol. The summed E-state index contributed by atoms with van der Waals surface area (Å²) in [5, 5.41) is 25.1. The third-order valence-corrected chi connectivity index (χ3v) is 6.67. The normalized spacial score (nSPS) is 12.4. The minimum absolute atomic E-state index is 0.105. The quantitative estimate of drug-likeness (QED) is 0.141. The van der Waals surface area contributed by atoms with Gasteiger partial charge in [0, 0.05) is 22.8 Å². The zero-order valence-electron chi connectivity index (χ0n) is 20.9. The molecule has 2 amide bonds. The number of nitrogens with two attached hydrogens (primary N) is 1. The van der Waals surface area contributed by atoms with Crippen molar-refractivity contribution in [1.29, 1.82) is 5.26 Å². The number of aromatic hydroxyl groups is 1. The average Bonchev–Trinajstić information content (AvgIpc) is 2.91. The number of nitrogens with one attached hydrogen (secondary N) is 2. The maximum absolute atomic E-state index is 12.8. The molecule has 0 spiro atoms. The number of benzene rings is 3.